The van der Waals surface area contributed by atoms with Crippen LogP contribution in [0.3, 0.4) is 0 Å². The Kier molecular flexibility index (Phi) is 3.27. The van der Waals surface area contributed by atoms with Crippen LogP contribution in [-0.2, 0) is 0 Å². The molecule has 92 valence electrons. The van der Waals surface area contributed by atoms with Crippen molar-refractivity contribution in [2.45, 2.75) is 31.6 Å². The minimum absolute atomic E-state index is 0.670. The van der Waals surface area contributed by atoms with Crippen LogP contribution in [0, 0.1) is 0 Å². The molecule has 0 aromatic carbocycles. The first kappa shape index (κ1) is 11.0. The lowest BCUT2D eigenvalue weighted by molar-refractivity contribution is 0.461. The molecular formula is C14H21N3. The standard InChI is InChI=1S/C14H21N3/c1-2-9-17(8-1)14-6-5-13(11-16-14)12-4-3-7-15-10-12/h5-6,11-12,15H,1-4,7-10H2. The van der Waals surface area contributed by atoms with Gasteiger partial charge in [0.25, 0.3) is 0 Å². The molecule has 0 amide bonds. The highest BCUT2D eigenvalue weighted by molar-refractivity contribution is 5.40. The average Bonchev–Trinajstić information content (AvgIpc) is 2.94. The maximum Gasteiger partial charge on any atom is 0.128 e. The number of piperidine rings is 1. The van der Waals surface area contributed by atoms with Crippen molar-refractivity contribution in [2.24, 2.45) is 0 Å². The van der Waals surface area contributed by atoms with Gasteiger partial charge in [0.05, 0.1) is 0 Å². The Morgan fingerprint density at radius 3 is 2.71 bits per heavy atom. The van der Waals surface area contributed by atoms with Crippen LogP contribution >= 0.6 is 0 Å². The van der Waals surface area contributed by atoms with Gasteiger partial charge in [-0.15, -0.1) is 0 Å². The smallest absolute Gasteiger partial charge is 0.128 e. The number of rotatable bonds is 2. The third-order valence-electron chi connectivity index (χ3n) is 3.97. The molecular weight excluding hydrogens is 210 g/mol. The Morgan fingerprint density at radius 2 is 2.06 bits per heavy atom. The predicted octanol–water partition coefficient (Wildman–Crippen LogP) is 2.15. The van der Waals surface area contributed by atoms with Gasteiger partial charge in [-0.3, -0.25) is 0 Å². The topological polar surface area (TPSA) is 28.2 Å². The summed E-state index contributed by atoms with van der Waals surface area (Å²) in [7, 11) is 0. The summed E-state index contributed by atoms with van der Waals surface area (Å²) in [4.78, 5) is 7.03. The molecule has 3 rings (SSSR count). The molecule has 0 bridgehead atoms. The number of anilines is 1. The van der Waals surface area contributed by atoms with Crippen molar-refractivity contribution in [1.29, 1.82) is 0 Å². The van der Waals surface area contributed by atoms with E-state index in [0.717, 1.165) is 12.4 Å². The molecule has 0 saturated carbocycles. The molecule has 1 unspecified atom stereocenters. The summed E-state index contributed by atoms with van der Waals surface area (Å²) < 4.78 is 0. The maximum absolute atomic E-state index is 4.63. The van der Waals surface area contributed by atoms with Crippen LogP contribution in [0.4, 0.5) is 5.82 Å². The minimum Gasteiger partial charge on any atom is -0.357 e. The van der Waals surface area contributed by atoms with Gasteiger partial charge in [-0.1, -0.05) is 6.07 Å². The summed E-state index contributed by atoms with van der Waals surface area (Å²) in [6, 6.07) is 4.48. The Balaban J connectivity index is 1.70. The third-order valence-corrected chi connectivity index (χ3v) is 3.97. The summed E-state index contributed by atoms with van der Waals surface area (Å²) in [6.45, 7) is 4.65. The highest BCUT2D eigenvalue weighted by Crippen LogP contribution is 2.24. The van der Waals surface area contributed by atoms with Gasteiger partial charge in [0.2, 0.25) is 0 Å². The number of aromatic nitrogens is 1. The lowest BCUT2D eigenvalue weighted by atomic mass is 9.93. The summed E-state index contributed by atoms with van der Waals surface area (Å²) in [5, 5.41) is 3.46. The molecule has 2 saturated heterocycles. The van der Waals surface area contributed by atoms with E-state index in [1.807, 2.05) is 0 Å². The van der Waals surface area contributed by atoms with E-state index in [0.29, 0.717) is 5.92 Å². The van der Waals surface area contributed by atoms with Crippen LogP contribution in [0.25, 0.3) is 0 Å². The Hall–Kier alpha value is -1.09. The van der Waals surface area contributed by atoms with Crippen LogP contribution in [-0.4, -0.2) is 31.2 Å². The van der Waals surface area contributed by atoms with Crippen molar-refractivity contribution in [3.05, 3.63) is 23.9 Å². The van der Waals surface area contributed by atoms with Gasteiger partial charge in [0, 0.05) is 25.8 Å². The number of hydrogen-bond donors (Lipinski definition) is 1. The lowest BCUT2D eigenvalue weighted by Crippen LogP contribution is -2.28. The highest BCUT2D eigenvalue weighted by Gasteiger charge is 2.17. The predicted molar refractivity (Wildman–Crippen MR) is 70.5 cm³/mol. The normalized spacial score (nSPS) is 25.2. The molecule has 0 spiro atoms. The second-order valence-electron chi connectivity index (χ2n) is 5.19. The van der Waals surface area contributed by atoms with E-state index in [-0.39, 0.29) is 0 Å². The van der Waals surface area contributed by atoms with Gasteiger partial charge in [-0.25, -0.2) is 4.98 Å². The zero-order chi connectivity index (χ0) is 11.5. The van der Waals surface area contributed by atoms with Crippen molar-refractivity contribution < 1.29 is 0 Å². The Morgan fingerprint density at radius 1 is 1.18 bits per heavy atom. The van der Waals surface area contributed by atoms with Gasteiger partial charge >= 0.3 is 0 Å². The monoisotopic (exact) mass is 231 g/mol. The fourth-order valence-electron chi connectivity index (χ4n) is 2.91. The van der Waals surface area contributed by atoms with E-state index >= 15 is 0 Å². The van der Waals surface area contributed by atoms with Crippen molar-refractivity contribution in [1.82, 2.24) is 10.3 Å². The molecule has 17 heavy (non-hydrogen) atoms. The zero-order valence-corrected chi connectivity index (χ0v) is 10.4. The molecule has 2 fully saturated rings. The van der Waals surface area contributed by atoms with Crippen LogP contribution in [0.5, 0.6) is 0 Å². The molecule has 1 aromatic heterocycles. The molecule has 0 radical (unpaired) electrons. The fraction of sp³-hybridized carbons (Fsp3) is 0.643. The minimum atomic E-state index is 0.670. The Bertz CT molecular complexity index is 348. The third kappa shape index (κ3) is 2.44. The van der Waals surface area contributed by atoms with Crippen molar-refractivity contribution in [3.63, 3.8) is 0 Å². The lowest BCUT2D eigenvalue weighted by Gasteiger charge is -2.23. The first-order valence-corrected chi connectivity index (χ1v) is 6.85. The molecule has 3 heterocycles. The van der Waals surface area contributed by atoms with Crippen LogP contribution in [0.2, 0.25) is 0 Å². The first-order valence-electron chi connectivity index (χ1n) is 6.85. The molecule has 1 aromatic rings. The van der Waals surface area contributed by atoms with E-state index < -0.39 is 0 Å². The van der Waals surface area contributed by atoms with Gasteiger partial charge in [0.15, 0.2) is 0 Å². The summed E-state index contributed by atoms with van der Waals surface area (Å²) in [5.41, 5.74) is 1.40. The average molecular weight is 231 g/mol. The zero-order valence-electron chi connectivity index (χ0n) is 10.4. The van der Waals surface area contributed by atoms with Gasteiger partial charge in [-0.05, 0) is 49.8 Å². The highest BCUT2D eigenvalue weighted by atomic mass is 15.2. The van der Waals surface area contributed by atoms with Crippen molar-refractivity contribution >= 4 is 5.82 Å². The molecule has 2 aliphatic rings. The van der Waals surface area contributed by atoms with Crippen molar-refractivity contribution in [3.8, 4) is 0 Å². The SMILES string of the molecule is c1cc(N2CCCC2)ncc1C1CCCNC1. The summed E-state index contributed by atoms with van der Waals surface area (Å²) in [5.74, 6) is 1.83. The van der Waals surface area contributed by atoms with Gasteiger partial charge in [0.1, 0.15) is 5.82 Å². The molecule has 1 atom stereocenters. The molecule has 3 nitrogen and oxygen atoms in total. The van der Waals surface area contributed by atoms with E-state index in [2.05, 4.69) is 33.5 Å². The number of hydrogen-bond acceptors (Lipinski definition) is 3. The Labute approximate surface area is 103 Å². The van der Waals surface area contributed by atoms with E-state index in [1.165, 1.54) is 50.9 Å². The molecule has 1 N–H and O–H groups in total. The van der Waals surface area contributed by atoms with Crippen LogP contribution in [0.15, 0.2) is 18.3 Å². The largest absolute Gasteiger partial charge is 0.357 e. The quantitative estimate of drug-likeness (QED) is 0.845. The maximum atomic E-state index is 4.63. The number of nitrogens with zero attached hydrogens (tertiary/aromatic N) is 2. The van der Waals surface area contributed by atoms with Crippen molar-refractivity contribution in [2.75, 3.05) is 31.1 Å². The fourth-order valence-corrected chi connectivity index (χ4v) is 2.91. The van der Waals surface area contributed by atoms with E-state index in [4.69, 9.17) is 0 Å². The molecule has 2 aliphatic heterocycles. The van der Waals surface area contributed by atoms with E-state index in [9.17, 15) is 0 Å². The molecule has 3 heteroatoms. The second-order valence-corrected chi connectivity index (χ2v) is 5.19. The van der Waals surface area contributed by atoms with Gasteiger partial charge < -0.3 is 10.2 Å². The summed E-state index contributed by atoms with van der Waals surface area (Å²) in [6.07, 6.45) is 7.31. The van der Waals surface area contributed by atoms with Gasteiger partial charge in [-0.2, -0.15) is 0 Å². The second kappa shape index (κ2) is 5.05. The van der Waals surface area contributed by atoms with E-state index in [1.54, 1.807) is 0 Å². The van der Waals surface area contributed by atoms with Crippen LogP contribution < -0.4 is 10.2 Å². The number of nitrogens with one attached hydrogen (secondary N) is 1. The molecule has 0 aliphatic carbocycles. The van der Waals surface area contributed by atoms with Crippen LogP contribution in [0.1, 0.15) is 37.2 Å². The summed E-state index contributed by atoms with van der Waals surface area (Å²) >= 11 is 0. The number of pyridine rings is 1. The first-order chi connectivity index (χ1) is 8.43.